The highest BCUT2D eigenvalue weighted by molar-refractivity contribution is 5.85. The van der Waals surface area contributed by atoms with Gasteiger partial charge in [-0.15, -0.1) is 0 Å². The molecule has 0 spiro atoms. The van der Waals surface area contributed by atoms with Crippen LogP contribution in [0.2, 0.25) is 0 Å². The number of carbonyl (C=O) groups excluding carboxylic acids is 1. The van der Waals surface area contributed by atoms with Crippen molar-refractivity contribution in [3.63, 3.8) is 0 Å². The molecule has 112 valence electrons. The van der Waals surface area contributed by atoms with Crippen molar-refractivity contribution in [3.8, 4) is 0 Å². The van der Waals surface area contributed by atoms with Crippen molar-refractivity contribution in [2.75, 3.05) is 19.6 Å². The molecule has 2 fully saturated rings. The molecular weight excluding hydrogens is 260 g/mol. The summed E-state index contributed by atoms with van der Waals surface area (Å²) in [7, 11) is 0. The summed E-state index contributed by atoms with van der Waals surface area (Å²) in [4.78, 5) is 15.5. The van der Waals surface area contributed by atoms with E-state index in [-0.39, 0.29) is 11.5 Å². The van der Waals surface area contributed by atoms with Crippen LogP contribution in [0.1, 0.15) is 49.3 Å². The molecule has 2 heterocycles. The minimum atomic E-state index is -0.209. The maximum atomic E-state index is 13.3. The van der Waals surface area contributed by atoms with E-state index in [2.05, 4.69) is 34.5 Å². The summed E-state index contributed by atoms with van der Waals surface area (Å²) in [6.07, 6.45) is 6.70. The quantitative estimate of drug-likeness (QED) is 0.860. The molecule has 3 nitrogen and oxygen atoms in total. The molecule has 1 aliphatic carbocycles. The van der Waals surface area contributed by atoms with Gasteiger partial charge in [-0.2, -0.15) is 0 Å². The first kappa shape index (κ1) is 13.3. The molecule has 0 radical (unpaired) electrons. The number of carbonyl (C=O) groups is 1. The molecule has 21 heavy (non-hydrogen) atoms. The van der Waals surface area contributed by atoms with Crippen molar-refractivity contribution in [3.05, 3.63) is 35.4 Å². The van der Waals surface area contributed by atoms with Crippen molar-refractivity contribution in [1.82, 2.24) is 10.2 Å². The maximum absolute atomic E-state index is 13.3. The van der Waals surface area contributed by atoms with E-state index in [1.54, 1.807) is 0 Å². The van der Waals surface area contributed by atoms with Crippen molar-refractivity contribution in [2.45, 2.75) is 44.6 Å². The van der Waals surface area contributed by atoms with Gasteiger partial charge in [0.25, 0.3) is 0 Å². The molecule has 0 bridgehead atoms. The molecular formula is C18H24N2O. The number of nitrogens with one attached hydrogen (secondary N) is 1. The van der Waals surface area contributed by atoms with Crippen molar-refractivity contribution in [1.29, 1.82) is 0 Å². The number of likely N-dealkylation sites (tertiary alicyclic amines) is 1. The lowest BCUT2D eigenvalue weighted by Gasteiger charge is -2.43. The number of piperidine rings is 2. The minimum Gasteiger partial charge on any atom is -0.342 e. The van der Waals surface area contributed by atoms with Gasteiger partial charge in [-0.1, -0.05) is 24.3 Å². The Hall–Kier alpha value is -1.35. The molecule has 1 aromatic rings. The Morgan fingerprint density at radius 3 is 2.81 bits per heavy atom. The van der Waals surface area contributed by atoms with Crippen molar-refractivity contribution >= 4 is 5.91 Å². The van der Waals surface area contributed by atoms with Gasteiger partial charge in [-0.3, -0.25) is 4.79 Å². The Balaban J connectivity index is 1.69. The fourth-order valence-electron chi connectivity index (χ4n) is 4.62. The van der Waals surface area contributed by atoms with E-state index < -0.39 is 0 Å². The second-order valence-electron chi connectivity index (χ2n) is 6.88. The molecule has 3 aliphatic rings. The molecule has 2 aliphatic heterocycles. The standard InChI is InChI=1S/C18H24N2O/c21-17(20-11-4-1-5-12-20)18-9-6-10-19-16(18)15-8-3-2-7-14(15)13-18/h2-3,7-8,16,19H,1,4-6,9-13H2. The van der Waals surface area contributed by atoms with Crippen LogP contribution in [0.5, 0.6) is 0 Å². The topological polar surface area (TPSA) is 32.3 Å². The lowest BCUT2D eigenvalue weighted by molar-refractivity contribution is -0.146. The van der Waals surface area contributed by atoms with Crippen LogP contribution in [-0.4, -0.2) is 30.4 Å². The SMILES string of the molecule is O=C(N1CCCCC1)C12CCCNC1c1ccccc1C2. The molecule has 2 atom stereocenters. The van der Waals surface area contributed by atoms with E-state index in [9.17, 15) is 4.79 Å². The number of rotatable bonds is 1. The summed E-state index contributed by atoms with van der Waals surface area (Å²) in [5.74, 6) is 0.413. The first-order chi connectivity index (χ1) is 10.3. The van der Waals surface area contributed by atoms with Crippen LogP contribution < -0.4 is 5.32 Å². The molecule has 4 rings (SSSR count). The van der Waals surface area contributed by atoms with Gasteiger partial charge in [-0.05, 0) is 56.2 Å². The third kappa shape index (κ3) is 2.02. The number of benzene rings is 1. The fourth-order valence-corrected chi connectivity index (χ4v) is 4.62. The third-order valence-electron chi connectivity index (χ3n) is 5.64. The van der Waals surface area contributed by atoms with Crippen LogP contribution >= 0.6 is 0 Å². The summed E-state index contributed by atoms with van der Waals surface area (Å²) in [5.41, 5.74) is 2.53. The van der Waals surface area contributed by atoms with Gasteiger partial charge >= 0.3 is 0 Å². The zero-order valence-corrected chi connectivity index (χ0v) is 12.6. The predicted molar refractivity (Wildman–Crippen MR) is 83.0 cm³/mol. The molecule has 0 saturated carbocycles. The van der Waals surface area contributed by atoms with E-state index in [0.717, 1.165) is 38.9 Å². The average Bonchev–Trinajstić information content (AvgIpc) is 2.90. The van der Waals surface area contributed by atoms with Crippen LogP contribution in [0.15, 0.2) is 24.3 Å². The summed E-state index contributed by atoms with van der Waals surface area (Å²) in [6.45, 7) is 2.96. The lowest BCUT2D eigenvalue weighted by atomic mass is 9.73. The summed E-state index contributed by atoms with van der Waals surface area (Å²) in [6, 6.07) is 8.87. The highest BCUT2D eigenvalue weighted by Gasteiger charge is 2.53. The highest BCUT2D eigenvalue weighted by Crippen LogP contribution is 2.51. The molecule has 1 N–H and O–H groups in total. The Bertz CT molecular complexity index is 550. The maximum Gasteiger partial charge on any atom is 0.231 e. The van der Waals surface area contributed by atoms with Crippen LogP contribution in [0.4, 0.5) is 0 Å². The van der Waals surface area contributed by atoms with E-state index in [1.807, 2.05) is 0 Å². The van der Waals surface area contributed by atoms with E-state index in [4.69, 9.17) is 0 Å². The summed E-state index contributed by atoms with van der Waals surface area (Å²) < 4.78 is 0. The van der Waals surface area contributed by atoms with Crippen LogP contribution in [0, 0.1) is 5.41 Å². The smallest absolute Gasteiger partial charge is 0.231 e. The first-order valence-corrected chi connectivity index (χ1v) is 8.42. The second-order valence-corrected chi connectivity index (χ2v) is 6.88. The Morgan fingerprint density at radius 2 is 1.95 bits per heavy atom. The van der Waals surface area contributed by atoms with Gasteiger partial charge in [0, 0.05) is 19.1 Å². The minimum absolute atomic E-state index is 0.209. The Morgan fingerprint density at radius 1 is 1.14 bits per heavy atom. The van der Waals surface area contributed by atoms with Crippen LogP contribution in [-0.2, 0) is 11.2 Å². The van der Waals surface area contributed by atoms with Gasteiger partial charge in [0.05, 0.1) is 5.41 Å². The summed E-state index contributed by atoms with van der Waals surface area (Å²) >= 11 is 0. The van der Waals surface area contributed by atoms with Gasteiger partial charge < -0.3 is 10.2 Å². The van der Waals surface area contributed by atoms with Crippen LogP contribution in [0.3, 0.4) is 0 Å². The van der Waals surface area contributed by atoms with Gasteiger partial charge in [0.2, 0.25) is 5.91 Å². The second kappa shape index (κ2) is 5.13. The third-order valence-corrected chi connectivity index (χ3v) is 5.64. The molecule has 1 amide bonds. The Kier molecular flexibility index (Phi) is 3.26. The number of hydrogen-bond acceptors (Lipinski definition) is 2. The largest absolute Gasteiger partial charge is 0.342 e. The lowest BCUT2D eigenvalue weighted by Crippen LogP contribution is -2.53. The van der Waals surface area contributed by atoms with Crippen molar-refractivity contribution < 1.29 is 4.79 Å². The van der Waals surface area contributed by atoms with E-state index >= 15 is 0 Å². The predicted octanol–water partition coefficient (Wildman–Crippen LogP) is 2.67. The fraction of sp³-hybridized carbons (Fsp3) is 0.611. The molecule has 1 aromatic carbocycles. The molecule has 2 saturated heterocycles. The number of amides is 1. The van der Waals surface area contributed by atoms with Gasteiger partial charge in [0.1, 0.15) is 0 Å². The normalized spacial score (nSPS) is 31.6. The number of fused-ring (bicyclic) bond motifs is 3. The Labute approximate surface area is 126 Å². The van der Waals surface area contributed by atoms with Crippen LogP contribution in [0.25, 0.3) is 0 Å². The first-order valence-electron chi connectivity index (χ1n) is 8.42. The molecule has 0 aromatic heterocycles. The number of nitrogens with zero attached hydrogens (tertiary/aromatic N) is 1. The molecule has 2 unspecified atom stereocenters. The zero-order valence-electron chi connectivity index (χ0n) is 12.6. The monoisotopic (exact) mass is 284 g/mol. The van der Waals surface area contributed by atoms with E-state index in [0.29, 0.717) is 5.91 Å². The number of hydrogen-bond donors (Lipinski definition) is 1. The molecule has 3 heteroatoms. The van der Waals surface area contributed by atoms with Gasteiger partial charge in [0.15, 0.2) is 0 Å². The highest BCUT2D eigenvalue weighted by atomic mass is 16.2. The van der Waals surface area contributed by atoms with Crippen molar-refractivity contribution in [2.24, 2.45) is 5.41 Å². The van der Waals surface area contributed by atoms with Gasteiger partial charge in [-0.25, -0.2) is 0 Å². The summed E-state index contributed by atoms with van der Waals surface area (Å²) in [5, 5.41) is 3.65. The zero-order chi connectivity index (χ0) is 14.3. The average molecular weight is 284 g/mol. The van der Waals surface area contributed by atoms with E-state index in [1.165, 1.54) is 30.4 Å².